The summed E-state index contributed by atoms with van der Waals surface area (Å²) in [6.45, 7) is -0.326. The molecule has 204 valence electrons. The van der Waals surface area contributed by atoms with Crippen molar-refractivity contribution in [2.24, 2.45) is 11.1 Å². The zero-order valence-electron chi connectivity index (χ0n) is 20.4. The van der Waals surface area contributed by atoms with Crippen LogP contribution >= 0.6 is 34.4 Å². The quantitative estimate of drug-likeness (QED) is 0.318. The van der Waals surface area contributed by atoms with Crippen molar-refractivity contribution in [1.82, 2.24) is 4.57 Å². The van der Waals surface area contributed by atoms with E-state index in [-0.39, 0.29) is 28.1 Å². The first-order valence-corrected chi connectivity index (χ1v) is 16.0. The number of thiazole rings is 1. The van der Waals surface area contributed by atoms with Crippen LogP contribution in [0.15, 0.2) is 86.8 Å². The second-order valence-electron chi connectivity index (χ2n) is 9.15. The molecule has 1 fully saturated rings. The van der Waals surface area contributed by atoms with Gasteiger partial charge in [0.05, 0.1) is 21.5 Å². The zero-order valence-corrected chi connectivity index (χ0v) is 23.7. The van der Waals surface area contributed by atoms with Crippen molar-refractivity contribution >= 4 is 73.6 Å². The van der Waals surface area contributed by atoms with Crippen molar-refractivity contribution in [3.8, 4) is 0 Å². The number of nitrogens with two attached hydrogens (primary N) is 1. The van der Waals surface area contributed by atoms with E-state index < -0.39 is 33.0 Å². The van der Waals surface area contributed by atoms with E-state index in [0.717, 1.165) is 28.0 Å². The monoisotopic (exact) mass is 612 g/mol. The molecule has 2 aromatic carbocycles. The molecule has 2 aliphatic heterocycles. The number of thiophene rings is 1. The number of amides is 3. The lowest BCUT2D eigenvalue weighted by Gasteiger charge is -2.29. The van der Waals surface area contributed by atoms with E-state index in [1.807, 2.05) is 17.5 Å². The van der Waals surface area contributed by atoms with Crippen LogP contribution in [0.25, 0.3) is 0 Å². The Kier molecular flexibility index (Phi) is 6.74. The highest BCUT2D eigenvalue weighted by Crippen LogP contribution is 2.54. The molecule has 0 aliphatic carbocycles. The first kappa shape index (κ1) is 26.7. The average Bonchev–Trinajstić information content (AvgIpc) is 3.62. The van der Waals surface area contributed by atoms with Crippen LogP contribution in [0.4, 0.5) is 11.4 Å². The van der Waals surface area contributed by atoms with Crippen LogP contribution in [0.2, 0.25) is 0 Å². The number of nitrogens with zero attached hydrogens (tertiary/aromatic N) is 2. The van der Waals surface area contributed by atoms with Crippen LogP contribution in [0.5, 0.6) is 0 Å². The number of primary sulfonamides is 1. The van der Waals surface area contributed by atoms with Crippen LogP contribution in [-0.4, -0.2) is 36.0 Å². The van der Waals surface area contributed by atoms with Crippen molar-refractivity contribution in [3.63, 3.8) is 0 Å². The number of para-hydroxylation sites is 1. The largest absolute Gasteiger partial charge is 0.325 e. The Morgan fingerprint density at radius 3 is 2.33 bits per heavy atom. The molecule has 6 rings (SSSR count). The smallest absolute Gasteiger partial charge is 0.308 e. The number of carbonyl (C=O) groups excluding carboxylic acids is 3. The Labute approximate surface area is 240 Å². The molecular weight excluding hydrogens is 593 g/mol. The number of carbonyl (C=O) groups is 3. The topological polar surface area (TPSA) is 149 Å². The van der Waals surface area contributed by atoms with Gasteiger partial charge in [0.2, 0.25) is 27.7 Å². The summed E-state index contributed by atoms with van der Waals surface area (Å²) in [6.07, 6.45) is 0. The normalized spacial score (nSPS) is 20.3. The van der Waals surface area contributed by atoms with E-state index in [1.54, 1.807) is 30.3 Å². The molecule has 40 heavy (non-hydrogen) atoms. The third-order valence-corrected chi connectivity index (χ3v) is 11.2. The third kappa shape index (κ3) is 4.61. The Hall–Kier alpha value is -3.56. The number of aromatic nitrogens is 1. The molecule has 4 heterocycles. The Morgan fingerprint density at radius 1 is 0.950 bits per heavy atom. The Morgan fingerprint density at radius 2 is 1.68 bits per heavy atom. The van der Waals surface area contributed by atoms with Gasteiger partial charge in [0.15, 0.2) is 0 Å². The predicted molar refractivity (Wildman–Crippen MR) is 153 cm³/mol. The highest BCUT2D eigenvalue weighted by atomic mass is 32.2. The fourth-order valence-corrected chi connectivity index (χ4v) is 9.17. The highest BCUT2D eigenvalue weighted by Gasteiger charge is 2.57. The molecule has 2 aliphatic rings. The van der Waals surface area contributed by atoms with Gasteiger partial charge in [0.1, 0.15) is 11.8 Å². The fraction of sp³-hybridized carbons (Fsp3) is 0.154. The van der Waals surface area contributed by atoms with Gasteiger partial charge in [-0.15, -0.1) is 11.3 Å². The van der Waals surface area contributed by atoms with Crippen molar-refractivity contribution < 1.29 is 22.8 Å². The maximum Gasteiger partial charge on any atom is 0.308 e. The van der Waals surface area contributed by atoms with E-state index in [9.17, 15) is 27.6 Å². The molecule has 3 N–H and O–H groups in total. The van der Waals surface area contributed by atoms with Crippen LogP contribution in [0.1, 0.15) is 15.7 Å². The lowest BCUT2D eigenvalue weighted by Crippen LogP contribution is -2.32. The predicted octanol–water partition coefficient (Wildman–Crippen LogP) is 3.05. The summed E-state index contributed by atoms with van der Waals surface area (Å²) in [6, 6.07) is 17.8. The van der Waals surface area contributed by atoms with Crippen LogP contribution in [0, 0.1) is 5.92 Å². The standard InChI is InChI=1S/C26H20N4O6S4/c27-40(35,36)16-10-8-14(9-11-16)28-18(31)13-29-25-22(39-26(29)34)19(17-7-4-12-37-17)20-21(38-25)24(33)30(23(20)32)15-5-2-1-3-6-15/h1-12,19-21H,13H2,(H,28,31)(H2,27,35,36). The lowest BCUT2D eigenvalue weighted by atomic mass is 9.87. The van der Waals surface area contributed by atoms with E-state index >= 15 is 0 Å². The summed E-state index contributed by atoms with van der Waals surface area (Å²) in [4.78, 5) is 55.7. The number of nitrogens with one attached hydrogen (secondary N) is 1. The number of imide groups is 1. The number of benzene rings is 2. The fourth-order valence-electron chi connectivity index (χ4n) is 4.93. The molecule has 4 aromatic rings. The Balaban J connectivity index is 1.34. The van der Waals surface area contributed by atoms with Gasteiger partial charge in [-0.1, -0.05) is 47.4 Å². The first-order valence-electron chi connectivity index (χ1n) is 11.9. The maximum atomic E-state index is 13.7. The molecular formula is C26H20N4O6S4. The molecule has 3 atom stereocenters. The molecule has 3 amide bonds. The van der Waals surface area contributed by atoms with E-state index in [0.29, 0.717) is 21.3 Å². The van der Waals surface area contributed by atoms with Gasteiger partial charge < -0.3 is 5.32 Å². The van der Waals surface area contributed by atoms with Crippen LogP contribution in [0.3, 0.4) is 0 Å². The molecule has 0 saturated carbocycles. The molecule has 0 radical (unpaired) electrons. The third-order valence-electron chi connectivity index (χ3n) is 6.68. The SMILES string of the molecule is NS(=O)(=O)c1ccc(NC(=O)Cn2c3c(sc2=O)C(c2cccs2)C2C(=O)N(c4ccccc4)C(=O)C2S3)cc1. The molecule has 0 bridgehead atoms. The first-order chi connectivity index (χ1) is 19.1. The minimum Gasteiger partial charge on any atom is -0.325 e. The summed E-state index contributed by atoms with van der Waals surface area (Å²) in [5.41, 5.74) is 0.819. The number of sulfonamides is 1. The minimum atomic E-state index is -3.88. The van der Waals surface area contributed by atoms with Gasteiger partial charge in [0.25, 0.3) is 0 Å². The molecule has 1 saturated heterocycles. The number of hydrogen-bond donors (Lipinski definition) is 2. The van der Waals surface area contributed by atoms with Gasteiger partial charge in [0, 0.05) is 21.4 Å². The van der Waals surface area contributed by atoms with Gasteiger partial charge >= 0.3 is 4.87 Å². The molecule has 0 spiro atoms. The molecule has 14 heteroatoms. The molecule has 2 aromatic heterocycles. The van der Waals surface area contributed by atoms with Crippen molar-refractivity contribution in [3.05, 3.63) is 91.5 Å². The van der Waals surface area contributed by atoms with Gasteiger partial charge in [-0.2, -0.15) is 0 Å². The number of rotatable bonds is 6. The van der Waals surface area contributed by atoms with Gasteiger partial charge in [-0.05, 0) is 47.8 Å². The van der Waals surface area contributed by atoms with E-state index in [1.165, 1.54) is 45.1 Å². The van der Waals surface area contributed by atoms with Crippen molar-refractivity contribution in [2.45, 2.75) is 27.6 Å². The van der Waals surface area contributed by atoms with Gasteiger partial charge in [-0.3, -0.25) is 23.7 Å². The second kappa shape index (κ2) is 10.1. The number of hydrogen-bond acceptors (Lipinski definition) is 9. The summed E-state index contributed by atoms with van der Waals surface area (Å²) < 4.78 is 24.3. The number of fused-ring (bicyclic) bond motifs is 2. The lowest BCUT2D eigenvalue weighted by molar-refractivity contribution is -0.122. The second-order valence-corrected chi connectivity index (χ2v) is 13.8. The van der Waals surface area contributed by atoms with E-state index in [2.05, 4.69) is 5.32 Å². The number of thioether (sulfide) groups is 1. The van der Waals surface area contributed by atoms with Crippen molar-refractivity contribution in [2.75, 3.05) is 10.2 Å². The van der Waals surface area contributed by atoms with E-state index in [4.69, 9.17) is 5.14 Å². The van der Waals surface area contributed by atoms with Crippen LogP contribution < -0.4 is 20.2 Å². The molecule has 10 nitrogen and oxygen atoms in total. The maximum absolute atomic E-state index is 13.7. The summed E-state index contributed by atoms with van der Waals surface area (Å²) in [5.74, 6) is -2.38. The van der Waals surface area contributed by atoms with Gasteiger partial charge in [-0.25, -0.2) is 18.5 Å². The zero-order chi connectivity index (χ0) is 28.2. The minimum absolute atomic E-state index is 0.0977. The van der Waals surface area contributed by atoms with Crippen molar-refractivity contribution in [1.29, 1.82) is 0 Å². The Bertz CT molecular complexity index is 1800. The summed E-state index contributed by atoms with van der Waals surface area (Å²) in [5, 5.41) is 9.39. The molecule has 3 unspecified atom stereocenters. The number of anilines is 2. The summed E-state index contributed by atoms with van der Waals surface area (Å²) in [7, 11) is -3.88. The highest BCUT2D eigenvalue weighted by molar-refractivity contribution is 8.00. The summed E-state index contributed by atoms with van der Waals surface area (Å²) >= 11 is 3.57. The average molecular weight is 613 g/mol. The van der Waals surface area contributed by atoms with Crippen LogP contribution in [-0.2, 0) is 31.0 Å².